The van der Waals surface area contributed by atoms with Crippen LogP contribution in [0.4, 0.5) is 22.7 Å². The van der Waals surface area contributed by atoms with Crippen LogP contribution in [0.3, 0.4) is 0 Å². The Balaban J connectivity index is 2.06. The topological polar surface area (TPSA) is 180 Å². The minimum absolute atomic E-state index is 0.0379. The van der Waals surface area contributed by atoms with Crippen molar-refractivity contribution in [2.75, 3.05) is 0 Å². The van der Waals surface area contributed by atoms with Crippen LogP contribution in [0.2, 0.25) is 0 Å². The molecule has 1 heterocycles. The number of benzene rings is 2. The molecule has 150 valence electrons. The highest BCUT2D eigenvalue weighted by molar-refractivity contribution is 5.54. The average molecular weight is 414 g/mol. The van der Waals surface area contributed by atoms with Crippen LogP contribution in [0.15, 0.2) is 61.2 Å². The number of hydrogen-bond donors (Lipinski definition) is 0. The van der Waals surface area contributed by atoms with Gasteiger partial charge in [-0.1, -0.05) is 0 Å². The number of nitrogens with zero attached hydrogens (tertiary/aromatic N) is 6. The second kappa shape index (κ2) is 7.63. The van der Waals surface area contributed by atoms with Gasteiger partial charge in [-0.3, -0.25) is 40.5 Å². The van der Waals surface area contributed by atoms with Gasteiger partial charge < -0.3 is 0 Å². The van der Waals surface area contributed by atoms with E-state index in [0.29, 0.717) is 0 Å². The molecular weight excluding hydrogens is 404 g/mol. The maximum absolute atomic E-state index is 11.3. The van der Waals surface area contributed by atoms with Crippen molar-refractivity contribution >= 4 is 22.7 Å². The SMILES string of the molecule is O=[N+]([O-])c1ccc(-[n+]2cc[n+](-c3ccc([N+](=O)[O-])cc3[N+](=O)[O-])cc2)c([N+](=O)[O-])c1. The number of aromatic nitrogens is 2. The third-order valence-corrected chi connectivity index (χ3v) is 4.07. The molecule has 3 rings (SSSR count). The Morgan fingerprint density at radius 1 is 0.533 bits per heavy atom. The van der Waals surface area contributed by atoms with Crippen LogP contribution < -0.4 is 9.13 Å². The molecule has 0 atom stereocenters. The lowest BCUT2D eigenvalue weighted by Gasteiger charge is -1.99. The number of hydrogen-bond acceptors (Lipinski definition) is 8. The smallest absolute Gasteiger partial charge is 0.258 e. The maximum atomic E-state index is 11.3. The zero-order valence-corrected chi connectivity index (χ0v) is 14.7. The van der Waals surface area contributed by atoms with E-state index >= 15 is 0 Å². The summed E-state index contributed by atoms with van der Waals surface area (Å²) in [4.78, 5) is 41.3. The molecule has 0 aliphatic rings. The van der Waals surface area contributed by atoms with Crippen molar-refractivity contribution in [2.45, 2.75) is 0 Å². The highest BCUT2D eigenvalue weighted by atomic mass is 16.6. The Bertz CT molecular complexity index is 1120. The molecule has 0 fully saturated rings. The van der Waals surface area contributed by atoms with E-state index in [9.17, 15) is 40.5 Å². The first-order valence-corrected chi connectivity index (χ1v) is 7.98. The second-order valence-corrected chi connectivity index (χ2v) is 5.79. The van der Waals surface area contributed by atoms with Crippen LogP contribution in [-0.2, 0) is 0 Å². The molecule has 1 aromatic heterocycles. The molecule has 0 aliphatic heterocycles. The lowest BCUT2D eigenvalue weighted by Crippen LogP contribution is -2.39. The Labute approximate surface area is 165 Å². The quantitative estimate of drug-likeness (QED) is 0.333. The van der Waals surface area contributed by atoms with Gasteiger partial charge in [-0.25, -0.2) is 0 Å². The molecule has 0 amide bonds. The van der Waals surface area contributed by atoms with Crippen molar-refractivity contribution in [1.29, 1.82) is 0 Å². The molecule has 14 heteroatoms. The molecule has 0 aliphatic carbocycles. The normalized spacial score (nSPS) is 10.4. The summed E-state index contributed by atoms with van der Waals surface area (Å²) in [5, 5.41) is 44.3. The highest BCUT2D eigenvalue weighted by Gasteiger charge is 2.29. The summed E-state index contributed by atoms with van der Waals surface area (Å²) in [5.41, 5.74) is -1.83. The van der Waals surface area contributed by atoms with E-state index in [2.05, 4.69) is 0 Å². The van der Waals surface area contributed by atoms with Crippen molar-refractivity contribution < 1.29 is 28.8 Å². The van der Waals surface area contributed by atoms with Crippen molar-refractivity contribution in [2.24, 2.45) is 0 Å². The molecule has 0 radical (unpaired) electrons. The second-order valence-electron chi connectivity index (χ2n) is 5.79. The third kappa shape index (κ3) is 3.72. The van der Waals surface area contributed by atoms with E-state index < -0.39 is 42.4 Å². The molecule has 0 bridgehead atoms. The summed E-state index contributed by atoms with van der Waals surface area (Å²) >= 11 is 0. The van der Waals surface area contributed by atoms with Crippen molar-refractivity contribution in [3.05, 3.63) is 102 Å². The van der Waals surface area contributed by atoms with E-state index in [1.165, 1.54) is 46.1 Å². The average Bonchev–Trinajstić information content (AvgIpc) is 2.72. The van der Waals surface area contributed by atoms with E-state index in [0.717, 1.165) is 24.3 Å². The zero-order valence-electron chi connectivity index (χ0n) is 14.7. The summed E-state index contributed by atoms with van der Waals surface area (Å²) in [7, 11) is 0. The van der Waals surface area contributed by atoms with Crippen molar-refractivity contribution in [3.63, 3.8) is 0 Å². The van der Waals surface area contributed by atoms with Gasteiger partial charge in [0, 0.05) is 24.3 Å². The van der Waals surface area contributed by atoms with Crippen molar-refractivity contribution in [1.82, 2.24) is 0 Å². The zero-order chi connectivity index (χ0) is 22.0. The van der Waals surface area contributed by atoms with Gasteiger partial charge in [0.25, 0.3) is 22.7 Å². The summed E-state index contributed by atoms with van der Waals surface area (Å²) in [6, 6.07) is 6.27. The molecule has 0 N–H and O–H groups in total. The van der Waals surface area contributed by atoms with Gasteiger partial charge in [-0.05, 0) is 0 Å². The summed E-state index contributed by atoms with van der Waals surface area (Å²) in [6.45, 7) is 0. The fraction of sp³-hybridized carbons (Fsp3) is 0. The molecule has 30 heavy (non-hydrogen) atoms. The summed E-state index contributed by atoms with van der Waals surface area (Å²) in [5.74, 6) is 0. The van der Waals surface area contributed by atoms with Gasteiger partial charge in [-0.15, -0.1) is 9.13 Å². The van der Waals surface area contributed by atoms with Crippen molar-refractivity contribution in [3.8, 4) is 11.4 Å². The van der Waals surface area contributed by atoms with Gasteiger partial charge in [0.1, 0.15) is 12.1 Å². The maximum Gasteiger partial charge on any atom is 0.347 e. The first-order valence-electron chi connectivity index (χ1n) is 7.98. The molecule has 0 saturated carbocycles. The third-order valence-electron chi connectivity index (χ3n) is 4.07. The Morgan fingerprint density at radius 3 is 1.13 bits per heavy atom. The number of rotatable bonds is 6. The molecular formula is C16H10N6O8+2. The van der Waals surface area contributed by atoms with E-state index in [1.807, 2.05) is 0 Å². The molecule has 0 spiro atoms. The largest absolute Gasteiger partial charge is 0.347 e. The summed E-state index contributed by atoms with van der Waals surface area (Å²) < 4.78 is 2.60. The van der Waals surface area contributed by atoms with E-state index in [-0.39, 0.29) is 11.4 Å². The number of non-ortho nitro benzene ring substituents is 2. The first-order chi connectivity index (χ1) is 14.2. The first kappa shape index (κ1) is 19.9. The van der Waals surface area contributed by atoms with Crippen LogP contribution in [0, 0.1) is 40.5 Å². The fourth-order valence-corrected chi connectivity index (χ4v) is 2.69. The highest BCUT2D eigenvalue weighted by Crippen LogP contribution is 2.26. The predicted molar refractivity (Wildman–Crippen MR) is 96.1 cm³/mol. The summed E-state index contributed by atoms with van der Waals surface area (Å²) in [6.07, 6.45) is 5.39. The van der Waals surface area contributed by atoms with E-state index in [1.54, 1.807) is 0 Å². The monoisotopic (exact) mass is 414 g/mol. The van der Waals surface area contributed by atoms with Gasteiger partial charge >= 0.3 is 11.4 Å². The van der Waals surface area contributed by atoms with Crippen LogP contribution in [0.5, 0.6) is 0 Å². The fourth-order valence-electron chi connectivity index (χ4n) is 2.69. The molecule has 14 nitrogen and oxygen atoms in total. The lowest BCUT2D eigenvalue weighted by molar-refractivity contribution is -0.659. The van der Waals surface area contributed by atoms with Gasteiger partial charge in [0.15, 0.2) is 0 Å². The minimum atomic E-state index is -0.766. The van der Waals surface area contributed by atoms with Gasteiger partial charge in [0.05, 0.1) is 19.7 Å². The lowest BCUT2D eigenvalue weighted by atomic mass is 10.2. The Kier molecular flexibility index (Phi) is 5.05. The molecule has 0 unspecified atom stereocenters. The molecule has 3 aromatic rings. The Hall–Kier alpha value is -4.88. The van der Waals surface area contributed by atoms with Crippen LogP contribution >= 0.6 is 0 Å². The van der Waals surface area contributed by atoms with Gasteiger partial charge in [0.2, 0.25) is 24.8 Å². The Morgan fingerprint density at radius 2 is 0.867 bits per heavy atom. The predicted octanol–water partition coefficient (Wildman–Crippen LogP) is 1.87. The van der Waals surface area contributed by atoms with Crippen LogP contribution in [0.1, 0.15) is 0 Å². The number of nitro groups is 4. The minimum Gasteiger partial charge on any atom is -0.258 e. The molecule has 0 saturated heterocycles. The van der Waals surface area contributed by atoms with Crippen LogP contribution in [-0.4, -0.2) is 19.7 Å². The standard InChI is InChI=1S/C16H10N6O8/c23-19(24)11-1-3-13(15(9-11)21(27)28)17-5-7-18(8-6-17)14-4-2-12(20(25)26)10-16(14)22(29)30/h1-10H/q+2. The molecule has 2 aromatic carbocycles. The van der Waals surface area contributed by atoms with E-state index in [4.69, 9.17) is 0 Å². The van der Waals surface area contributed by atoms with Crippen LogP contribution in [0.25, 0.3) is 11.4 Å². The number of nitro benzene ring substituents is 4. The van der Waals surface area contributed by atoms with Gasteiger partial charge in [-0.2, -0.15) is 0 Å².